The minimum absolute atomic E-state index is 0.0224. The molecule has 0 heterocycles. The van der Waals surface area contributed by atoms with Gasteiger partial charge in [-0.1, -0.05) is 0 Å². The molecule has 0 nitrogen and oxygen atoms in total. The molecule has 4 aromatic carbocycles. The van der Waals surface area contributed by atoms with Crippen LogP contribution in [-0.2, 0) is 26.5 Å². The Morgan fingerprint density at radius 3 is 1.39 bits per heavy atom. The summed E-state index contributed by atoms with van der Waals surface area (Å²) in [7, 11) is 17.5. The van der Waals surface area contributed by atoms with Crippen LogP contribution < -0.4 is 0 Å². The van der Waals surface area contributed by atoms with Gasteiger partial charge in [0.05, 0.1) is 0 Å². The summed E-state index contributed by atoms with van der Waals surface area (Å²) in [6.07, 6.45) is 8.62. The van der Waals surface area contributed by atoms with Crippen LogP contribution in [0.5, 0.6) is 0 Å². The van der Waals surface area contributed by atoms with Crippen LogP contribution in [-0.4, -0.2) is 3.26 Å². The second kappa shape index (κ2) is 11.7. The summed E-state index contributed by atoms with van der Waals surface area (Å²) in [5.74, 6) is 0. The SMILES string of the molecule is Cc1cc2c(cc1C(C)(C)C)-c1cc(C(C)(C)C)c(C)cc1[CH]2[Hf]([Cl])([Cl])(=[C](c1cccc(Cl)c1)c1cccc(Cl)c1)[CH]1C=CC=C1. The molecule has 0 aromatic heterocycles. The molecule has 0 N–H and O–H groups in total. The van der Waals surface area contributed by atoms with Crippen molar-refractivity contribution in [3.8, 4) is 11.1 Å². The summed E-state index contributed by atoms with van der Waals surface area (Å²) in [6.45, 7) is 18.2. The summed E-state index contributed by atoms with van der Waals surface area (Å²) >= 11 is 7.75. The third-order valence-electron chi connectivity index (χ3n) is 9.91. The normalized spacial score (nSPS) is 15.4. The Morgan fingerprint density at radius 2 is 1.02 bits per heavy atom. The molecule has 0 atom stereocenters. The second-order valence-corrected chi connectivity index (χ2v) is 45.6. The maximum absolute atomic E-state index is 8.73. The van der Waals surface area contributed by atoms with Gasteiger partial charge in [-0.25, -0.2) is 0 Å². The van der Waals surface area contributed by atoms with E-state index in [4.69, 9.17) is 40.4 Å². The first kappa shape index (κ1) is 34.1. The first-order valence-corrected chi connectivity index (χ1v) is 31.6. The van der Waals surface area contributed by atoms with Gasteiger partial charge >= 0.3 is 296 Å². The van der Waals surface area contributed by atoms with Gasteiger partial charge in [0.2, 0.25) is 0 Å². The van der Waals surface area contributed by atoms with Gasteiger partial charge in [-0.05, 0) is 0 Å². The van der Waals surface area contributed by atoms with E-state index < -0.39 is 15.7 Å². The maximum atomic E-state index is 8.73. The van der Waals surface area contributed by atoms with Gasteiger partial charge in [0, 0.05) is 0 Å². The van der Waals surface area contributed by atoms with Gasteiger partial charge in [-0.3, -0.25) is 0 Å². The topological polar surface area (TPSA) is 0 Å². The summed E-state index contributed by atoms with van der Waals surface area (Å²) < 4.78 is 0.629. The summed E-state index contributed by atoms with van der Waals surface area (Å²) in [5, 5.41) is 1.29. The Morgan fingerprint density at radius 1 is 0.609 bits per heavy atom. The van der Waals surface area contributed by atoms with Crippen LogP contribution in [0, 0.1) is 13.8 Å². The van der Waals surface area contributed by atoms with Gasteiger partial charge < -0.3 is 0 Å². The van der Waals surface area contributed by atoms with Crippen molar-refractivity contribution in [1.29, 1.82) is 0 Å². The van der Waals surface area contributed by atoms with E-state index >= 15 is 0 Å². The van der Waals surface area contributed by atoms with Gasteiger partial charge in [-0.2, -0.15) is 0 Å². The Kier molecular flexibility index (Phi) is 8.68. The molecule has 0 spiro atoms. The van der Waals surface area contributed by atoms with Crippen LogP contribution in [0.4, 0.5) is 0 Å². The molecule has 238 valence electrons. The molecular weight excluding hydrogens is 813 g/mol. The predicted molar refractivity (Wildman–Crippen MR) is 200 cm³/mol. The fraction of sp³-hybridized carbons (Fsp3) is 0.293. The zero-order chi connectivity index (χ0) is 33.4. The van der Waals surface area contributed by atoms with Gasteiger partial charge in [0.25, 0.3) is 0 Å². The molecule has 6 rings (SSSR count). The van der Waals surface area contributed by atoms with Gasteiger partial charge in [0.15, 0.2) is 0 Å². The van der Waals surface area contributed by atoms with Crippen LogP contribution in [0.25, 0.3) is 11.1 Å². The van der Waals surface area contributed by atoms with Crippen LogP contribution in [0.15, 0.2) is 97.1 Å². The molecular formula is C41H42Cl4Hf. The van der Waals surface area contributed by atoms with Gasteiger partial charge in [0.1, 0.15) is 0 Å². The van der Waals surface area contributed by atoms with Crippen molar-refractivity contribution < 1.29 is 15.7 Å². The first-order valence-electron chi connectivity index (χ1n) is 16.0. The van der Waals surface area contributed by atoms with E-state index in [1.807, 2.05) is 36.4 Å². The molecule has 2 aliphatic rings. The number of allylic oxidation sites excluding steroid dienone is 4. The van der Waals surface area contributed by atoms with Crippen molar-refractivity contribution in [2.45, 2.75) is 73.6 Å². The second-order valence-electron chi connectivity index (χ2n) is 15.3. The van der Waals surface area contributed by atoms with Crippen molar-refractivity contribution in [1.82, 2.24) is 0 Å². The molecule has 0 aliphatic heterocycles. The van der Waals surface area contributed by atoms with Crippen LogP contribution in [0.2, 0.25) is 13.7 Å². The van der Waals surface area contributed by atoms with E-state index in [0.29, 0.717) is 10.0 Å². The predicted octanol–water partition coefficient (Wildman–Crippen LogP) is 13.5. The quantitative estimate of drug-likeness (QED) is 0.179. The van der Waals surface area contributed by atoms with Crippen molar-refractivity contribution >= 4 is 43.6 Å². The number of benzene rings is 4. The number of halogens is 4. The molecule has 0 radical (unpaired) electrons. The Hall–Kier alpha value is -1.74. The summed E-state index contributed by atoms with van der Waals surface area (Å²) in [6, 6.07) is 25.6. The zero-order valence-electron chi connectivity index (χ0n) is 27.9. The first-order chi connectivity index (χ1) is 21.4. The summed E-state index contributed by atoms with van der Waals surface area (Å²) in [4.78, 5) is 0. The standard InChI is InChI=1S/C23H29.C13H8Cl2.C5H5.2ClH.Hf/c1-14-9-16-11-17-10-15(2)21(23(6,7)8)13-19(17)18(16)12-20(14)22(3,4)5;14-12-5-1-3-10(8-12)7-11-4-2-6-13(15)9-11;1-2-4-5-3-1;;;/h9-13H,1-8H3;1-6,8-9H;1-5H;2*1H;/q;;;;;+2/p-2. The summed E-state index contributed by atoms with van der Waals surface area (Å²) in [5.41, 5.74) is 12.0. The fourth-order valence-corrected chi connectivity index (χ4v) is 36.1. The van der Waals surface area contributed by atoms with E-state index in [1.54, 1.807) is 0 Å². The van der Waals surface area contributed by atoms with Crippen LogP contribution in [0.3, 0.4) is 0 Å². The van der Waals surface area contributed by atoms with E-state index in [2.05, 4.69) is 116 Å². The molecule has 0 amide bonds. The third kappa shape index (κ3) is 5.61. The molecule has 0 unspecified atom stereocenters. The van der Waals surface area contributed by atoms with Crippen molar-refractivity contribution in [3.63, 3.8) is 0 Å². The number of hydrogen-bond acceptors (Lipinski definition) is 0. The average molecular weight is 855 g/mol. The molecule has 0 saturated carbocycles. The van der Waals surface area contributed by atoms with E-state index in [9.17, 15) is 0 Å². The Balaban J connectivity index is 1.87. The van der Waals surface area contributed by atoms with Gasteiger partial charge in [-0.15, -0.1) is 0 Å². The van der Waals surface area contributed by atoms with E-state index in [0.717, 1.165) is 14.4 Å². The zero-order valence-corrected chi connectivity index (χ0v) is 34.5. The number of aryl methyl sites for hydroxylation is 2. The molecule has 0 saturated heterocycles. The average Bonchev–Trinajstić information content (AvgIpc) is 3.59. The third-order valence-corrected chi connectivity index (χ3v) is 38.5. The van der Waals surface area contributed by atoms with E-state index in [1.165, 1.54) is 44.5 Å². The number of fused-ring (bicyclic) bond motifs is 3. The van der Waals surface area contributed by atoms with Crippen molar-refractivity contribution in [2.75, 3.05) is 0 Å². The number of hydrogen-bond donors (Lipinski definition) is 0. The van der Waals surface area contributed by atoms with Crippen LogP contribution >= 0.6 is 40.4 Å². The molecule has 0 fully saturated rings. The Bertz CT molecular complexity index is 1900. The van der Waals surface area contributed by atoms with Crippen molar-refractivity contribution in [2.24, 2.45) is 0 Å². The van der Waals surface area contributed by atoms with Crippen LogP contribution in [0.1, 0.15) is 89.7 Å². The fourth-order valence-electron chi connectivity index (χ4n) is 8.05. The van der Waals surface area contributed by atoms with E-state index in [-0.39, 0.29) is 18.2 Å². The molecule has 4 aromatic rings. The van der Waals surface area contributed by atoms with Crippen molar-refractivity contribution in [3.05, 3.63) is 152 Å². The Labute approximate surface area is 293 Å². The number of rotatable bonds is 4. The molecule has 5 heteroatoms. The molecule has 2 aliphatic carbocycles. The molecule has 0 bridgehead atoms. The monoisotopic (exact) mass is 854 g/mol. The minimum atomic E-state index is -5.68. The molecule has 46 heavy (non-hydrogen) atoms.